The normalized spacial score (nSPS) is 13.4. The predicted molar refractivity (Wildman–Crippen MR) is 58.5 cm³/mol. The number of hydrogen-bond donors (Lipinski definition) is 2. The van der Waals surface area contributed by atoms with Gasteiger partial charge in [0.2, 0.25) is 10.0 Å². The van der Waals surface area contributed by atoms with Crippen molar-refractivity contribution in [3.05, 3.63) is 24.0 Å². The van der Waals surface area contributed by atoms with Crippen LogP contribution in [-0.2, 0) is 21.1 Å². The highest BCUT2D eigenvalue weighted by molar-refractivity contribution is 7.92. The minimum atomic E-state index is -3.56. The molecule has 0 spiro atoms. The molecule has 0 saturated heterocycles. The molecule has 16 heavy (non-hydrogen) atoms. The quantitative estimate of drug-likeness (QED) is 0.802. The van der Waals surface area contributed by atoms with Crippen LogP contribution in [0, 0.1) is 5.82 Å². The molecule has 1 rings (SSSR count). The molecular formula is C8H10FNO4S2. The Morgan fingerprint density at radius 3 is 2.56 bits per heavy atom. The molecule has 0 radical (unpaired) electrons. The van der Waals surface area contributed by atoms with Crippen LogP contribution in [0.3, 0.4) is 0 Å². The summed E-state index contributed by atoms with van der Waals surface area (Å²) in [6.07, 6.45) is 0. The molecule has 2 N–H and O–H groups in total. The van der Waals surface area contributed by atoms with Gasteiger partial charge in [-0.2, -0.15) is 0 Å². The minimum Gasteiger partial charge on any atom is -0.302 e. The zero-order chi connectivity index (χ0) is 12.3. The molecule has 0 amide bonds. The molecule has 1 unspecified atom stereocenters. The van der Waals surface area contributed by atoms with E-state index in [9.17, 15) is 17.0 Å². The van der Waals surface area contributed by atoms with E-state index in [4.69, 9.17) is 4.55 Å². The number of benzene rings is 1. The zero-order valence-electron chi connectivity index (χ0n) is 8.31. The minimum absolute atomic E-state index is 0.128. The van der Waals surface area contributed by atoms with Gasteiger partial charge in [0.05, 0.1) is 16.3 Å². The van der Waals surface area contributed by atoms with Crippen LogP contribution in [0.4, 0.5) is 10.1 Å². The first-order valence-corrected chi connectivity index (χ1v) is 7.02. The fourth-order valence-electron chi connectivity index (χ4n) is 0.927. The van der Waals surface area contributed by atoms with E-state index >= 15 is 0 Å². The molecule has 1 aromatic carbocycles. The van der Waals surface area contributed by atoms with E-state index in [0.29, 0.717) is 0 Å². The van der Waals surface area contributed by atoms with Crippen LogP contribution in [0.1, 0.15) is 6.92 Å². The summed E-state index contributed by atoms with van der Waals surface area (Å²) in [5, 5.41) is 0. The molecule has 8 heteroatoms. The number of sulfonamides is 1. The van der Waals surface area contributed by atoms with Gasteiger partial charge in [0.1, 0.15) is 5.82 Å². The lowest BCUT2D eigenvalue weighted by atomic mass is 10.3. The van der Waals surface area contributed by atoms with Gasteiger partial charge >= 0.3 is 0 Å². The van der Waals surface area contributed by atoms with Crippen molar-refractivity contribution in [1.82, 2.24) is 0 Å². The van der Waals surface area contributed by atoms with E-state index < -0.39 is 26.9 Å². The molecule has 90 valence electrons. The van der Waals surface area contributed by atoms with Crippen LogP contribution in [0.2, 0.25) is 0 Å². The molecule has 0 aromatic heterocycles. The van der Waals surface area contributed by atoms with E-state index in [-0.39, 0.29) is 16.3 Å². The van der Waals surface area contributed by atoms with Crippen molar-refractivity contribution in [3.63, 3.8) is 0 Å². The smallest absolute Gasteiger partial charge is 0.232 e. The molecule has 0 heterocycles. The van der Waals surface area contributed by atoms with E-state index in [0.717, 1.165) is 12.1 Å². The predicted octanol–water partition coefficient (Wildman–Crippen LogP) is 1.17. The van der Waals surface area contributed by atoms with Crippen molar-refractivity contribution in [2.24, 2.45) is 0 Å². The summed E-state index contributed by atoms with van der Waals surface area (Å²) >= 11 is -2.29. The standard InChI is InChI=1S/C8H10FNO4S2/c1-2-16(13,14)10-8-4-3-6(15(11)12)5-7(8)9/h3-5,10H,2H2,1H3,(H,11,12). The van der Waals surface area contributed by atoms with Gasteiger partial charge in [0.15, 0.2) is 11.1 Å². The topological polar surface area (TPSA) is 83.5 Å². The summed E-state index contributed by atoms with van der Waals surface area (Å²) < 4.78 is 56.9. The van der Waals surface area contributed by atoms with Crippen molar-refractivity contribution >= 4 is 26.8 Å². The van der Waals surface area contributed by atoms with Gasteiger partial charge in [-0.25, -0.2) is 17.0 Å². The van der Waals surface area contributed by atoms with E-state index in [2.05, 4.69) is 0 Å². The van der Waals surface area contributed by atoms with Gasteiger partial charge < -0.3 is 4.55 Å². The van der Waals surface area contributed by atoms with Crippen LogP contribution < -0.4 is 4.72 Å². The molecule has 0 aliphatic rings. The Kier molecular flexibility index (Phi) is 4.00. The average molecular weight is 267 g/mol. The zero-order valence-corrected chi connectivity index (χ0v) is 9.94. The SMILES string of the molecule is CCS(=O)(=O)Nc1ccc(S(=O)O)cc1F. The Labute approximate surface area is 95.0 Å². The summed E-state index contributed by atoms with van der Waals surface area (Å²) in [6.45, 7) is 1.41. The summed E-state index contributed by atoms with van der Waals surface area (Å²) in [5.74, 6) is -1.07. The summed E-state index contributed by atoms with van der Waals surface area (Å²) in [5.41, 5.74) is -0.240. The van der Waals surface area contributed by atoms with Gasteiger partial charge in [-0.3, -0.25) is 4.72 Å². The third-order valence-corrected chi connectivity index (χ3v) is 3.74. The summed E-state index contributed by atoms with van der Waals surface area (Å²) in [4.78, 5) is -0.128. The maximum absolute atomic E-state index is 13.3. The summed E-state index contributed by atoms with van der Waals surface area (Å²) in [7, 11) is -3.56. The molecule has 1 aromatic rings. The third kappa shape index (κ3) is 3.26. The van der Waals surface area contributed by atoms with Crippen molar-refractivity contribution in [2.45, 2.75) is 11.8 Å². The molecule has 0 fully saturated rings. The van der Waals surface area contributed by atoms with E-state index in [1.807, 2.05) is 4.72 Å². The molecule has 5 nitrogen and oxygen atoms in total. The first-order valence-electron chi connectivity index (χ1n) is 4.26. The van der Waals surface area contributed by atoms with Gasteiger partial charge in [0, 0.05) is 0 Å². The maximum atomic E-state index is 13.3. The van der Waals surface area contributed by atoms with Crippen molar-refractivity contribution in [3.8, 4) is 0 Å². The van der Waals surface area contributed by atoms with E-state index in [1.165, 1.54) is 13.0 Å². The van der Waals surface area contributed by atoms with Gasteiger partial charge in [-0.15, -0.1) is 0 Å². The van der Waals surface area contributed by atoms with Crippen LogP contribution in [0.15, 0.2) is 23.1 Å². The highest BCUT2D eigenvalue weighted by Gasteiger charge is 2.12. The van der Waals surface area contributed by atoms with Crippen LogP contribution in [0.5, 0.6) is 0 Å². The Bertz CT molecular complexity index is 515. The molecule has 0 bridgehead atoms. The van der Waals surface area contributed by atoms with Crippen LogP contribution >= 0.6 is 0 Å². The van der Waals surface area contributed by atoms with Crippen LogP contribution in [-0.4, -0.2) is 22.9 Å². The molecule has 1 atom stereocenters. The lowest BCUT2D eigenvalue weighted by Crippen LogP contribution is -2.15. The molecule has 0 aliphatic heterocycles. The second-order valence-electron chi connectivity index (χ2n) is 2.90. The Hall–Kier alpha value is -0.990. The lowest BCUT2D eigenvalue weighted by molar-refractivity contribution is 0.562. The monoisotopic (exact) mass is 267 g/mol. The first-order chi connectivity index (χ1) is 7.35. The number of nitrogens with one attached hydrogen (secondary N) is 1. The number of halogens is 1. The second-order valence-corrected chi connectivity index (χ2v) is 5.88. The van der Waals surface area contributed by atoms with Crippen LogP contribution in [0.25, 0.3) is 0 Å². The fourth-order valence-corrected chi connectivity index (χ4v) is 1.96. The maximum Gasteiger partial charge on any atom is 0.232 e. The van der Waals surface area contributed by atoms with Crippen molar-refractivity contribution in [1.29, 1.82) is 0 Å². The Morgan fingerprint density at radius 2 is 2.12 bits per heavy atom. The molecule has 0 aliphatic carbocycles. The van der Waals surface area contributed by atoms with E-state index in [1.54, 1.807) is 0 Å². The highest BCUT2D eigenvalue weighted by Crippen LogP contribution is 2.18. The number of rotatable bonds is 4. The molecule has 0 saturated carbocycles. The average Bonchev–Trinajstić information content (AvgIpc) is 2.20. The van der Waals surface area contributed by atoms with Gasteiger partial charge in [0.25, 0.3) is 0 Å². The van der Waals surface area contributed by atoms with Gasteiger partial charge in [-0.1, -0.05) is 0 Å². The van der Waals surface area contributed by atoms with Crippen molar-refractivity contribution in [2.75, 3.05) is 10.5 Å². The van der Waals surface area contributed by atoms with Gasteiger partial charge in [-0.05, 0) is 25.1 Å². The Balaban J connectivity index is 3.05. The second kappa shape index (κ2) is 4.89. The number of anilines is 1. The Morgan fingerprint density at radius 1 is 1.50 bits per heavy atom. The lowest BCUT2D eigenvalue weighted by Gasteiger charge is -2.07. The first kappa shape index (κ1) is 13.1. The summed E-state index contributed by atoms with van der Waals surface area (Å²) in [6, 6.07) is 3.09. The number of hydrogen-bond acceptors (Lipinski definition) is 3. The van der Waals surface area contributed by atoms with Crippen molar-refractivity contribution < 1.29 is 21.6 Å². The largest absolute Gasteiger partial charge is 0.302 e. The third-order valence-electron chi connectivity index (χ3n) is 1.79. The fraction of sp³-hybridized carbons (Fsp3) is 0.250. The highest BCUT2D eigenvalue weighted by atomic mass is 32.2. The molecular weight excluding hydrogens is 257 g/mol.